The standard InChI is InChI=1S/C17H27N3O/c1-20-11-8-14(9-12-20)7-10-19-17(21)16(13-18)15-5-3-2-4-6-15/h2-6,14,16H,7-13,18H2,1H3,(H,19,21). The monoisotopic (exact) mass is 289 g/mol. The zero-order chi connectivity index (χ0) is 15.1. The van der Waals surface area contributed by atoms with Gasteiger partial charge in [0, 0.05) is 13.1 Å². The summed E-state index contributed by atoms with van der Waals surface area (Å²) >= 11 is 0. The average molecular weight is 289 g/mol. The minimum Gasteiger partial charge on any atom is -0.356 e. The summed E-state index contributed by atoms with van der Waals surface area (Å²) in [5, 5.41) is 3.06. The molecular formula is C17H27N3O. The highest BCUT2D eigenvalue weighted by molar-refractivity contribution is 5.83. The second-order valence-corrected chi connectivity index (χ2v) is 6.03. The molecule has 0 radical (unpaired) electrons. The highest BCUT2D eigenvalue weighted by atomic mass is 16.1. The molecule has 1 aromatic carbocycles. The molecule has 1 atom stereocenters. The van der Waals surface area contributed by atoms with Crippen molar-refractivity contribution >= 4 is 5.91 Å². The van der Waals surface area contributed by atoms with Gasteiger partial charge in [-0.25, -0.2) is 0 Å². The van der Waals surface area contributed by atoms with Crippen molar-refractivity contribution in [3.05, 3.63) is 35.9 Å². The number of nitrogens with zero attached hydrogens (tertiary/aromatic N) is 1. The fourth-order valence-electron chi connectivity index (χ4n) is 2.95. The molecule has 1 aliphatic rings. The number of amides is 1. The molecule has 1 saturated heterocycles. The van der Waals surface area contributed by atoms with Crippen molar-refractivity contribution in [3.8, 4) is 0 Å². The molecule has 0 aliphatic carbocycles. The van der Waals surface area contributed by atoms with Crippen molar-refractivity contribution in [2.45, 2.75) is 25.2 Å². The molecular weight excluding hydrogens is 262 g/mol. The number of carbonyl (C=O) groups is 1. The topological polar surface area (TPSA) is 58.4 Å². The summed E-state index contributed by atoms with van der Waals surface area (Å²) in [6.07, 6.45) is 3.56. The largest absolute Gasteiger partial charge is 0.356 e. The summed E-state index contributed by atoms with van der Waals surface area (Å²) in [7, 11) is 2.17. The Kier molecular flexibility index (Phi) is 6.21. The maximum atomic E-state index is 12.3. The molecule has 116 valence electrons. The Morgan fingerprint density at radius 1 is 1.33 bits per heavy atom. The van der Waals surface area contributed by atoms with Crippen LogP contribution < -0.4 is 11.1 Å². The van der Waals surface area contributed by atoms with Gasteiger partial charge in [-0.15, -0.1) is 0 Å². The molecule has 1 fully saturated rings. The highest BCUT2D eigenvalue weighted by Crippen LogP contribution is 2.19. The van der Waals surface area contributed by atoms with Crippen molar-refractivity contribution in [2.75, 3.05) is 33.2 Å². The average Bonchev–Trinajstić information content (AvgIpc) is 2.51. The van der Waals surface area contributed by atoms with E-state index in [9.17, 15) is 4.79 Å². The number of nitrogens with one attached hydrogen (secondary N) is 1. The van der Waals surface area contributed by atoms with Gasteiger partial charge in [0.2, 0.25) is 5.91 Å². The van der Waals surface area contributed by atoms with Crippen molar-refractivity contribution in [1.82, 2.24) is 10.2 Å². The number of hydrogen-bond acceptors (Lipinski definition) is 3. The lowest BCUT2D eigenvalue weighted by atomic mass is 9.93. The van der Waals surface area contributed by atoms with Crippen LogP contribution in [0.4, 0.5) is 0 Å². The SMILES string of the molecule is CN1CCC(CCNC(=O)C(CN)c2ccccc2)CC1. The van der Waals surface area contributed by atoms with E-state index in [0.29, 0.717) is 6.54 Å². The summed E-state index contributed by atoms with van der Waals surface area (Å²) in [5.41, 5.74) is 6.77. The first-order chi connectivity index (χ1) is 10.2. The lowest BCUT2D eigenvalue weighted by Crippen LogP contribution is -2.36. The Balaban J connectivity index is 1.75. The molecule has 4 heteroatoms. The van der Waals surface area contributed by atoms with Crippen LogP contribution in [-0.4, -0.2) is 44.0 Å². The van der Waals surface area contributed by atoms with E-state index in [2.05, 4.69) is 17.3 Å². The van der Waals surface area contributed by atoms with Crippen LogP contribution in [0.25, 0.3) is 0 Å². The zero-order valence-corrected chi connectivity index (χ0v) is 12.9. The van der Waals surface area contributed by atoms with Crippen LogP contribution in [0.1, 0.15) is 30.7 Å². The van der Waals surface area contributed by atoms with Crippen LogP contribution in [0.15, 0.2) is 30.3 Å². The fourth-order valence-corrected chi connectivity index (χ4v) is 2.95. The van der Waals surface area contributed by atoms with E-state index < -0.39 is 0 Å². The normalized spacial score (nSPS) is 18.4. The number of likely N-dealkylation sites (tertiary alicyclic amines) is 1. The van der Waals surface area contributed by atoms with Crippen LogP contribution in [-0.2, 0) is 4.79 Å². The molecule has 0 bridgehead atoms. The Hall–Kier alpha value is -1.39. The van der Waals surface area contributed by atoms with Gasteiger partial charge >= 0.3 is 0 Å². The van der Waals surface area contributed by atoms with E-state index in [1.807, 2.05) is 30.3 Å². The Labute approximate surface area is 127 Å². The molecule has 21 heavy (non-hydrogen) atoms. The van der Waals surface area contributed by atoms with Crippen LogP contribution in [0.5, 0.6) is 0 Å². The van der Waals surface area contributed by atoms with E-state index in [1.54, 1.807) is 0 Å². The summed E-state index contributed by atoms with van der Waals surface area (Å²) < 4.78 is 0. The Morgan fingerprint density at radius 3 is 2.62 bits per heavy atom. The summed E-state index contributed by atoms with van der Waals surface area (Å²) in [5.74, 6) is 0.565. The van der Waals surface area contributed by atoms with Crippen molar-refractivity contribution in [3.63, 3.8) is 0 Å². The van der Waals surface area contributed by atoms with Gasteiger partial charge in [0.15, 0.2) is 0 Å². The third-order valence-corrected chi connectivity index (χ3v) is 4.44. The number of hydrogen-bond donors (Lipinski definition) is 2. The number of nitrogens with two attached hydrogens (primary N) is 1. The number of rotatable bonds is 6. The first kappa shape index (κ1) is 16.0. The summed E-state index contributed by atoms with van der Waals surface area (Å²) in [6, 6.07) is 9.78. The van der Waals surface area contributed by atoms with Crippen LogP contribution >= 0.6 is 0 Å². The lowest BCUT2D eigenvalue weighted by molar-refractivity contribution is -0.122. The third kappa shape index (κ3) is 4.83. The maximum Gasteiger partial charge on any atom is 0.228 e. The predicted octanol–water partition coefficient (Wildman–Crippen LogP) is 1.58. The Morgan fingerprint density at radius 2 is 2.00 bits per heavy atom. The highest BCUT2D eigenvalue weighted by Gasteiger charge is 2.20. The number of piperidine rings is 1. The van der Waals surface area contributed by atoms with Crippen LogP contribution in [0.3, 0.4) is 0 Å². The minimum atomic E-state index is -0.233. The summed E-state index contributed by atoms with van der Waals surface area (Å²) in [6.45, 7) is 3.46. The van der Waals surface area contributed by atoms with Crippen LogP contribution in [0, 0.1) is 5.92 Å². The van der Waals surface area contributed by atoms with Gasteiger partial charge < -0.3 is 16.0 Å². The second-order valence-electron chi connectivity index (χ2n) is 6.03. The quantitative estimate of drug-likeness (QED) is 0.836. The van der Waals surface area contributed by atoms with Crippen molar-refractivity contribution in [1.29, 1.82) is 0 Å². The molecule has 0 spiro atoms. The molecule has 1 aromatic rings. The van der Waals surface area contributed by atoms with E-state index in [4.69, 9.17) is 5.73 Å². The van der Waals surface area contributed by atoms with Gasteiger partial charge in [-0.1, -0.05) is 30.3 Å². The third-order valence-electron chi connectivity index (χ3n) is 4.44. The summed E-state index contributed by atoms with van der Waals surface area (Å²) in [4.78, 5) is 14.6. The maximum absolute atomic E-state index is 12.3. The van der Waals surface area contributed by atoms with Crippen LogP contribution in [0.2, 0.25) is 0 Å². The molecule has 2 rings (SSSR count). The fraction of sp³-hybridized carbons (Fsp3) is 0.588. The molecule has 1 heterocycles. The van der Waals surface area contributed by atoms with Gasteiger partial charge in [-0.3, -0.25) is 4.79 Å². The number of carbonyl (C=O) groups excluding carboxylic acids is 1. The molecule has 1 aliphatic heterocycles. The second kappa shape index (κ2) is 8.15. The molecule has 1 amide bonds. The van der Waals surface area contributed by atoms with Gasteiger partial charge in [-0.05, 0) is 50.9 Å². The molecule has 0 saturated carbocycles. The lowest BCUT2D eigenvalue weighted by Gasteiger charge is -2.29. The first-order valence-electron chi connectivity index (χ1n) is 7.92. The van der Waals surface area contributed by atoms with E-state index in [1.165, 1.54) is 25.9 Å². The van der Waals surface area contributed by atoms with Gasteiger partial charge in [0.05, 0.1) is 5.92 Å². The first-order valence-corrected chi connectivity index (χ1v) is 7.92. The predicted molar refractivity (Wildman–Crippen MR) is 86.1 cm³/mol. The zero-order valence-electron chi connectivity index (χ0n) is 12.9. The smallest absolute Gasteiger partial charge is 0.228 e. The van der Waals surface area contributed by atoms with Gasteiger partial charge in [0.1, 0.15) is 0 Å². The molecule has 4 nitrogen and oxygen atoms in total. The molecule has 3 N–H and O–H groups in total. The van der Waals surface area contributed by atoms with Gasteiger partial charge in [0.25, 0.3) is 0 Å². The molecule has 1 unspecified atom stereocenters. The minimum absolute atomic E-state index is 0.0524. The van der Waals surface area contributed by atoms with E-state index in [-0.39, 0.29) is 11.8 Å². The van der Waals surface area contributed by atoms with Crippen molar-refractivity contribution in [2.24, 2.45) is 11.7 Å². The number of benzene rings is 1. The van der Waals surface area contributed by atoms with E-state index in [0.717, 1.165) is 24.4 Å². The van der Waals surface area contributed by atoms with Gasteiger partial charge in [-0.2, -0.15) is 0 Å². The Bertz CT molecular complexity index is 427. The van der Waals surface area contributed by atoms with Crippen molar-refractivity contribution < 1.29 is 4.79 Å². The van der Waals surface area contributed by atoms with E-state index >= 15 is 0 Å². The molecule has 0 aromatic heterocycles.